The average molecular weight is 259 g/mol. The summed E-state index contributed by atoms with van der Waals surface area (Å²) in [7, 11) is 1.46. The van der Waals surface area contributed by atoms with E-state index in [1.165, 1.54) is 13.2 Å². The molecule has 0 fully saturated rings. The first kappa shape index (κ1) is 12.8. The number of rotatable bonds is 3. The van der Waals surface area contributed by atoms with Gasteiger partial charge < -0.3 is 15.0 Å². The lowest BCUT2D eigenvalue weighted by Crippen LogP contribution is -2.23. The second kappa shape index (κ2) is 5.34. The summed E-state index contributed by atoms with van der Waals surface area (Å²) in [6.45, 7) is 1.74. The van der Waals surface area contributed by atoms with Gasteiger partial charge in [0.2, 0.25) is 5.88 Å². The van der Waals surface area contributed by atoms with E-state index < -0.39 is 11.5 Å². The Balaban J connectivity index is 2.28. The van der Waals surface area contributed by atoms with E-state index >= 15 is 0 Å². The minimum absolute atomic E-state index is 0.0384. The highest BCUT2D eigenvalue weighted by atomic mass is 16.5. The first-order valence-electron chi connectivity index (χ1n) is 5.62. The van der Waals surface area contributed by atoms with Gasteiger partial charge in [0, 0.05) is 11.9 Å². The first-order chi connectivity index (χ1) is 9.11. The fourth-order valence-corrected chi connectivity index (χ4v) is 1.59. The van der Waals surface area contributed by atoms with Crippen LogP contribution in [0.3, 0.4) is 0 Å². The van der Waals surface area contributed by atoms with E-state index in [9.17, 15) is 9.59 Å². The number of ether oxygens (including phenoxy) is 1. The molecular formula is C13H13N3O3. The molecule has 0 radical (unpaired) electrons. The number of nitrogens with one attached hydrogen (secondary N) is 2. The zero-order valence-electron chi connectivity index (χ0n) is 10.6. The van der Waals surface area contributed by atoms with Gasteiger partial charge in [-0.1, -0.05) is 0 Å². The van der Waals surface area contributed by atoms with Crippen LogP contribution in [0.1, 0.15) is 16.1 Å². The van der Waals surface area contributed by atoms with Gasteiger partial charge in [0.1, 0.15) is 11.3 Å². The summed E-state index contributed by atoms with van der Waals surface area (Å²) in [5.41, 5.74) is 0.715. The lowest BCUT2D eigenvalue weighted by molar-refractivity contribution is 0.102. The third-order valence-electron chi connectivity index (χ3n) is 2.51. The zero-order chi connectivity index (χ0) is 13.8. The van der Waals surface area contributed by atoms with Crippen LogP contribution in [0.4, 0.5) is 5.69 Å². The van der Waals surface area contributed by atoms with Crippen molar-refractivity contribution in [2.75, 3.05) is 12.4 Å². The number of hydrogen-bond donors (Lipinski definition) is 2. The highest BCUT2D eigenvalue weighted by Gasteiger charge is 2.13. The van der Waals surface area contributed by atoms with Crippen LogP contribution in [-0.4, -0.2) is 23.0 Å². The molecule has 0 saturated heterocycles. The molecule has 0 aliphatic rings. The van der Waals surface area contributed by atoms with Crippen LogP contribution in [0.15, 0.2) is 35.3 Å². The van der Waals surface area contributed by atoms with Crippen molar-refractivity contribution in [3.8, 4) is 5.88 Å². The summed E-state index contributed by atoms with van der Waals surface area (Å²) < 4.78 is 5.02. The van der Waals surface area contributed by atoms with Crippen molar-refractivity contribution >= 4 is 11.6 Å². The van der Waals surface area contributed by atoms with Gasteiger partial charge in [-0.3, -0.25) is 9.59 Å². The number of H-pyrrole nitrogens is 1. The minimum atomic E-state index is -0.507. The Morgan fingerprint density at radius 1 is 1.37 bits per heavy atom. The number of hydrogen-bond acceptors (Lipinski definition) is 4. The summed E-state index contributed by atoms with van der Waals surface area (Å²) in [4.78, 5) is 30.2. The van der Waals surface area contributed by atoms with Crippen LogP contribution < -0.4 is 15.6 Å². The number of pyridine rings is 2. The topological polar surface area (TPSA) is 84.1 Å². The number of carbonyl (C=O) groups is 1. The van der Waals surface area contributed by atoms with Crippen LogP contribution in [0.5, 0.6) is 5.88 Å². The molecule has 0 aliphatic heterocycles. The second-order valence-corrected chi connectivity index (χ2v) is 3.90. The average Bonchev–Trinajstić information content (AvgIpc) is 2.39. The maximum Gasteiger partial charge on any atom is 0.261 e. The van der Waals surface area contributed by atoms with Gasteiger partial charge >= 0.3 is 0 Å². The molecule has 0 aromatic carbocycles. The molecule has 0 unspecified atom stereocenters. The summed E-state index contributed by atoms with van der Waals surface area (Å²) in [5, 5.41) is 2.59. The van der Waals surface area contributed by atoms with Gasteiger partial charge in [-0.15, -0.1) is 0 Å². The quantitative estimate of drug-likeness (QED) is 0.871. The number of amides is 1. The molecule has 2 aromatic heterocycles. The molecule has 19 heavy (non-hydrogen) atoms. The van der Waals surface area contributed by atoms with Crippen molar-refractivity contribution in [2.24, 2.45) is 0 Å². The third-order valence-corrected chi connectivity index (χ3v) is 2.51. The summed E-state index contributed by atoms with van der Waals surface area (Å²) >= 11 is 0. The molecule has 0 bridgehead atoms. The Bertz CT molecular complexity index is 664. The molecule has 1 amide bonds. The Kier molecular flexibility index (Phi) is 3.61. The number of anilines is 1. The number of nitrogens with zero attached hydrogens (tertiary/aromatic N) is 1. The van der Waals surface area contributed by atoms with Gasteiger partial charge in [-0.25, -0.2) is 4.98 Å². The number of aryl methyl sites for hydroxylation is 1. The summed E-state index contributed by atoms with van der Waals surface area (Å²) in [6, 6.07) is 6.45. The van der Waals surface area contributed by atoms with Crippen molar-refractivity contribution in [2.45, 2.75) is 6.92 Å². The standard InChI is InChI=1S/C13H13N3O3/c1-8-5-6-9(11(17)15-8)12(18)16-10-4-3-7-14-13(10)19-2/h3-7H,1-2H3,(H,15,17)(H,16,18). The van der Waals surface area contributed by atoms with Crippen LogP contribution in [0.2, 0.25) is 0 Å². The maximum atomic E-state index is 12.0. The molecule has 0 saturated carbocycles. The largest absolute Gasteiger partial charge is 0.480 e. The predicted molar refractivity (Wildman–Crippen MR) is 70.5 cm³/mol. The van der Waals surface area contributed by atoms with E-state index in [0.29, 0.717) is 17.3 Å². The van der Waals surface area contributed by atoms with E-state index in [-0.39, 0.29) is 5.56 Å². The number of aromatic nitrogens is 2. The molecule has 6 heteroatoms. The van der Waals surface area contributed by atoms with Crippen LogP contribution in [-0.2, 0) is 0 Å². The number of carbonyl (C=O) groups excluding carboxylic acids is 1. The van der Waals surface area contributed by atoms with Crippen LogP contribution in [0, 0.1) is 6.92 Å². The Labute approximate surface area is 109 Å². The van der Waals surface area contributed by atoms with E-state index in [1.807, 2.05) is 0 Å². The normalized spacial score (nSPS) is 10.0. The molecule has 2 rings (SSSR count). The molecule has 2 heterocycles. The summed E-state index contributed by atoms with van der Waals surface area (Å²) in [5.74, 6) is -0.216. The molecule has 2 aromatic rings. The molecule has 0 aliphatic carbocycles. The van der Waals surface area contributed by atoms with Gasteiger partial charge in [0.25, 0.3) is 11.5 Å². The molecular weight excluding hydrogens is 246 g/mol. The molecule has 0 atom stereocenters. The fraction of sp³-hybridized carbons (Fsp3) is 0.154. The highest BCUT2D eigenvalue weighted by molar-refractivity contribution is 6.04. The van der Waals surface area contributed by atoms with Crippen LogP contribution >= 0.6 is 0 Å². The first-order valence-corrected chi connectivity index (χ1v) is 5.62. The Morgan fingerprint density at radius 2 is 2.16 bits per heavy atom. The van der Waals surface area contributed by atoms with Crippen molar-refractivity contribution in [1.82, 2.24) is 9.97 Å². The van der Waals surface area contributed by atoms with Gasteiger partial charge in [0.15, 0.2) is 0 Å². The highest BCUT2D eigenvalue weighted by Crippen LogP contribution is 2.20. The Morgan fingerprint density at radius 3 is 2.84 bits per heavy atom. The zero-order valence-corrected chi connectivity index (χ0v) is 10.6. The molecule has 0 spiro atoms. The molecule has 2 N–H and O–H groups in total. The lowest BCUT2D eigenvalue weighted by Gasteiger charge is -2.08. The minimum Gasteiger partial charge on any atom is -0.480 e. The smallest absolute Gasteiger partial charge is 0.261 e. The van der Waals surface area contributed by atoms with E-state index in [1.54, 1.807) is 31.3 Å². The lowest BCUT2D eigenvalue weighted by atomic mass is 10.2. The van der Waals surface area contributed by atoms with E-state index in [2.05, 4.69) is 15.3 Å². The Hall–Kier alpha value is -2.63. The van der Waals surface area contributed by atoms with Crippen molar-refractivity contribution in [3.63, 3.8) is 0 Å². The fourth-order valence-electron chi connectivity index (χ4n) is 1.59. The van der Waals surface area contributed by atoms with E-state index in [4.69, 9.17) is 4.74 Å². The predicted octanol–water partition coefficient (Wildman–Crippen LogP) is 1.34. The second-order valence-electron chi connectivity index (χ2n) is 3.90. The number of methoxy groups -OCH3 is 1. The monoisotopic (exact) mass is 259 g/mol. The molecule has 98 valence electrons. The van der Waals surface area contributed by atoms with Crippen molar-refractivity contribution in [1.29, 1.82) is 0 Å². The van der Waals surface area contributed by atoms with Gasteiger partial charge in [-0.05, 0) is 31.2 Å². The van der Waals surface area contributed by atoms with Crippen molar-refractivity contribution in [3.05, 3.63) is 52.1 Å². The SMILES string of the molecule is COc1ncccc1NC(=O)c1ccc(C)[nH]c1=O. The third kappa shape index (κ3) is 2.79. The van der Waals surface area contributed by atoms with E-state index in [0.717, 1.165) is 0 Å². The summed E-state index contributed by atoms with van der Waals surface area (Å²) in [6.07, 6.45) is 1.55. The number of aromatic amines is 1. The van der Waals surface area contributed by atoms with Gasteiger partial charge in [-0.2, -0.15) is 0 Å². The molecule has 6 nitrogen and oxygen atoms in total. The maximum absolute atomic E-state index is 12.0. The van der Waals surface area contributed by atoms with Gasteiger partial charge in [0.05, 0.1) is 7.11 Å². The van der Waals surface area contributed by atoms with Crippen LogP contribution in [0.25, 0.3) is 0 Å². The van der Waals surface area contributed by atoms with Crippen molar-refractivity contribution < 1.29 is 9.53 Å².